The lowest BCUT2D eigenvalue weighted by Gasteiger charge is -2.30. The van der Waals surface area contributed by atoms with E-state index in [0.717, 1.165) is 32.2 Å². The van der Waals surface area contributed by atoms with Crippen LogP contribution >= 0.6 is 15.9 Å². The molecule has 0 saturated carbocycles. The number of benzene rings is 3. The number of halogens is 2. The molecule has 1 atom stereocenters. The summed E-state index contributed by atoms with van der Waals surface area (Å²) in [7, 11) is -3.02. The van der Waals surface area contributed by atoms with Gasteiger partial charge in [-0.2, -0.15) is 0 Å². The second-order valence-electron chi connectivity index (χ2n) is 10.5. The summed E-state index contributed by atoms with van der Waals surface area (Å²) in [5.74, 6) is 1.33. The molecule has 5 rings (SSSR count). The third-order valence-electron chi connectivity index (χ3n) is 7.29. The molecule has 1 aliphatic heterocycles. The SMILES string of the molecule is CCCS(=O)(=O)CCNCCC1(c2ccc3ncnc(Nc4ccc(OCc5cccc(F)c5)c(Br)c4)c3c2)CC=CO1. The number of nitrogens with one attached hydrogen (secondary N) is 2. The molecule has 4 aromatic rings. The minimum absolute atomic E-state index is 0.130. The van der Waals surface area contributed by atoms with E-state index >= 15 is 0 Å². The van der Waals surface area contributed by atoms with Crippen LogP contribution in [0.4, 0.5) is 15.9 Å². The van der Waals surface area contributed by atoms with E-state index in [4.69, 9.17) is 9.47 Å². The topological polar surface area (TPSA) is 102 Å². The average Bonchev–Trinajstić information content (AvgIpc) is 3.46. The third-order valence-corrected chi connectivity index (χ3v) is 9.76. The van der Waals surface area contributed by atoms with Gasteiger partial charge in [0.25, 0.3) is 0 Å². The molecule has 0 fully saturated rings. The van der Waals surface area contributed by atoms with E-state index < -0.39 is 15.4 Å². The molecule has 1 aromatic heterocycles. The molecule has 8 nitrogen and oxygen atoms in total. The van der Waals surface area contributed by atoms with Gasteiger partial charge in [0, 0.05) is 36.2 Å². The van der Waals surface area contributed by atoms with Crippen molar-refractivity contribution < 1.29 is 22.3 Å². The lowest BCUT2D eigenvalue weighted by molar-refractivity contribution is 0.0329. The molecule has 0 spiro atoms. The molecule has 0 amide bonds. The summed E-state index contributed by atoms with van der Waals surface area (Å²) in [4.78, 5) is 8.98. The first kappa shape index (κ1) is 30.9. The molecule has 43 heavy (non-hydrogen) atoms. The number of nitrogens with zero attached hydrogens (tertiary/aromatic N) is 2. The normalized spacial score (nSPS) is 16.3. The maximum Gasteiger partial charge on any atom is 0.151 e. The Hall–Kier alpha value is -3.54. The summed E-state index contributed by atoms with van der Waals surface area (Å²) in [5, 5.41) is 7.52. The first-order valence-electron chi connectivity index (χ1n) is 14.2. The van der Waals surface area contributed by atoms with E-state index in [1.807, 2.05) is 49.4 Å². The fourth-order valence-corrected chi connectivity index (χ4v) is 6.85. The summed E-state index contributed by atoms with van der Waals surface area (Å²) >= 11 is 3.58. The zero-order valence-electron chi connectivity index (χ0n) is 23.9. The largest absolute Gasteiger partial charge is 0.490 e. The highest BCUT2D eigenvalue weighted by Crippen LogP contribution is 2.40. The highest BCUT2D eigenvalue weighted by molar-refractivity contribution is 9.10. The molecule has 1 unspecified atom stereocenters. The van der Waals surface area contributed by atoms with Crippen LogP contribution in [0.25, 0.3) is 10.9 Å². The second kappa shape index (κ2) is 13.8. The molecule has 226 valence electrons. The lowest BCUT2D eigenvalue weighted by atomic mass is 9.87. The average molecular weight is 670 g/mol. The van der Waals surface area contributed by atoms with Crippen LogP contribution in [0.2, 0.25) is 0 Å². The highest BCUT2D eigenvalue weighted by Gasteiger charge is 2.35. The Morgan fingerprint density at radius 3 is 2.72 bits per heavy atom. The number of hydrogen-bond donors (Lipinski definition) is 2. The van der Waals surface area contributed by atoms with Gasteiger partial charge in [0.1, 0.15) is 35.9 Å². The number of fused-ring (bicyclic) bond motifs is 1. The van der Waals surface area contributed by atoms with Gasteiger partial charge in [-0.15, -0.1) is 0 Å². The van der Waals surface area contributed by atoms with Gasteiger partial charge in [-0.1, -0.05) is 25.1 Å². The van der Waals surface area contributed by atoms with Crippen molar-refractivity contribution in [2.75, 3.05) is 29.9 Å². The van der Waals surface area contributed by atoms with Gasteiger partial charge in [0.15, 0.2) is 9.84 Å². The minimum atomic E-state index is -3.02. The molecule has 11 heteroatoms. The third kappa shape index (κ3) is 7.90. The van der Waals surface area contributed by atoms with Crippen molar-refractivity contribution in [3.05, 3.63) is 101 Å². The quantitative estimate of drug-likeness (QED) is 0.142. The Bertz CT molecular complexity index is 1710. The minimum Gasteiger partial charge on any atom is -0.490 e. The molecule has 0 saturated heterocycles. The number of aromatic nitrogens is 2. The summed E-state index contributed by atoms with van der Waals surface area (Å²) in [6.07, 6.45) is 7.25. The number of rotatable bonds is 14. The van der Waals surface area contributed by atoms with Gasteiger partial charge in [0.05, 0.1) is 22.0 Å². The molecule has 0 radical (unpaired) electrons. The van der Waals surface area contributed by atoms with Crippen LogP contribution in [0, 0.1) is 5.82 Å². The van der Waals surface area contributed by atoms with E-state index in [1.54, 1.807) is 12.3 Å². The van der Waals surface area contributed by atoms with Crippen molar-refractivity contribution in [1.29, 1.82) is 0 Å². The smallest absolute Gasteiger partial charge is 0.151 e. The number of hydrogen-bond acceptors (Lipinski definition) is 8. The van der Waals surface area contributed by atoms with Gasteiger partial charge in [-0.25, -0.2) is 22.8 Å². The van der Waals surface area contributed by atoms with Crippen LogP contribution in [-0.2, 0) is 26.8 Å². The van der Waals surface area contributed by atoms with E-state index in [-0.39, 0.29) is 23.9 Å². The molecule has 2 N–H and O–H groups in total. The standard InChI is InChI=1S/C32H34BrFN4O4S/c1-2-16-43(39,40)17-14-35-13-12-32(11-4-15-42-32)24-7-9-29-27(19-24)31(37-22-36-29)38-26-8-10-30(28(33)20-26)41-21-23-5-3-6-25(34)18-23/h3-10,15,18-20,22,35H,2,11-14,16-17,21H2,1H3,(H,36,37,38). The van der Waals surface area contributed by atoms with Crippen LogP contribution in [0.3, 0.4) is 0 Å². The Morgan fingerprint density at radius 1 is 1.07 bits per heavy atom. The molecular formula is C32H34BrFN4O4S. The van der Waals surface area contributed by atoms with Crippen molar-refractivity contribution in [2.24, 2.45) is 0 Å². The monoisotopic (exact) mass is 668 g/mol. The van der Waals surface area contributed by atoms with E-state index in [2.05, 4.69) is 42.6 Å². The van der Waals surface area contributed by atoms with E-state index in [0.29, 0.717) is 43.9 Å². The predicted octanol–water partition coefficient (Wildman–Crippen LogP) is 6.79. The van der Waals surface area contributed by atoms with Gasteiger partial charge >= 0.3 is 0 Å². The summed E-state index contributed by atoms with van der Waals surface area (Å²) in [6.45, 7) is 3.14. The Kier molecular flexibility index (Phi) is 9.94. The number of sulfone groups is 1. The molecule has 0 bridgehead atoms. The molecule has 0 aliphatic carbocycles. The van der Waals surface area contributed by atoms with Gasteiger partial charge in [0.2, 0.25) is 0 Å². The lowest BCUT2D eigenvalue weighted by Crippen LogP contribution is -2.32. The maximum absolute atomic E-state index is 13.5. The summed E-state index contributed by atoms with van der Waals surface area (Å²) in [6, 6.07) is 18.0. The van der Waals surface area contributed by atoms with Crippen molar-refractivity contribution in [1.82, 2.24) is 15.3 Å². The Labute approximate surface area is 259 Å². The van der Waals surface area contributed by atoms with E-state index in [1.165, 1.54) is 18.5 Å². The van der Waals surface area contributed by atoms with Crippen molar-refractivity contribution in [2.45, 2.75) is 38.4 Å². The predicted molar refractivity (Wildman–Crippen MR) is 171 cm³/mol. The first-order valence-corrected chi connectivity index (χ1v) is 16.8. The van der Waals surface area contributed by atoms with Gasteiger partial charge in [-0.05, 0) is 88.6 Å². The summed E-state index contributed by atoms with van der Waals surface area (Å²) in [5.41, 5.74) is 2.75. The zero-order chi connectivity index (χ0) is 30.3. The van der Waals surface area contributed by atoms with Crippen LogP contribution in [-0.4, -0.2) is 43.0 Å². The molecule has 3 aromatic carbocycles. The second-order valence-corrected chi connectivity index (χ2v) is 13.6. The fraction of sp³-hybridized carbons (Fsp3) is 0.312. The van der Waals surface area contributed by atoms with Crippen LogP contribution in [0.1, 0.15) is 37.3 Å². The Morgan fingerprint density at radius 2 is 1.95 bits per heavy atom. The van der Waals surface area contributed by atoms with Crippen LogP contribution < -0.4 is 15.4 Å². The molecule has 2 heterocycles. The number of ether oxygens (including phenoxy) is 2. The van der Waals surface area contributed by atoms with Crippen molar-refractivity contribution >= 4 is 48.2 Å². The maximum atomic E-state index is 13.5. The Balaban J connectivity index is 1.29. The number of anilines is 2. The van der Waals surface area contributed by atoms with Gasteiger partial charge in [-0.3, -0.25) is 0 Å². The van der Waals surface area contributed by atoms with Gasteiger partial charge < -0.3 is 20.1 Å². The van der Waals surface area contributed by atoms with E-state index in [9.17, 15) is 12.8 Å². The van der Waals surface area contributed by atoms with Crippen molar-refractivity contribution in [3.63, 3.8) is 0 Å². The zero-order valence-corrected chi connectivity index (χ0v) is 26.3. The summed E-state index contributed by atoms with van der Waals surface area (Å²) < 4.78 is 50.4. The first-order chi connectivity index (χ1) is 20.8. The van der Waals surface area contributed by atoms with Crippen molar-refractivity contribution in [3.8, 4) is 5.75 Å². The van der Waals surface area contributed by atoms with Crippen LogP contribution in [0.5, 0.6) is 5.75 Å². The molecule has 1 aliphatic rings. The highest BCUT2D eigenvalue weighted by atomic mass is 79.9. The van der Waals surface area contributed by atoms with Crippen LogP contribution in [0.15, 0.2) is 83.8 Å². The fourth-order valence-electron chi connectivity index (χ4n) is 5.07. The molecular weight excluding hydrogens is 635 g/mol.